The molecule has 0 aliphatic carbocycles. The standard InChI is InChI=1S/C24H37N7O9/c1-12(32)19(31-20(36)15(25)8-9-18(34)35)22(38)30-17(11-13-4-6-14(33)7-5-13)21(37)29-16(23(39)40)3-2-10-28-24(26)27/h4-7,12,15-17,19,32-33H,2-3,8-11,25H2,1H3,(H,29,37)(H,30,38)(H,31,36)(H,34,35)(H,39,40)(H4,26,27,28). The van der Waals surface area contributed by atoms with Crippen LogP contribution in [0.3, 0.4) is 0 Å². The van der Waals surface area contributed by atoms with E-state index in [9.17, 15) is 39.3 Å². The first-order valence-corrected chi connectivity index (χ1v) is 12.3. The number of rotatable bonds is 17. The number of aromatic hydroxyl groups is 1. The monoisotopic (exact) mass is 567 g/mol. The fourth-order valence-corrected chi connectivity index (χ4v) is 3.45. The number of amides is 3. The summed E-state index contributed by atoms with van der Waals surface area (Å²) in [5, 5.41) is 45.0. The molecule has 1 rings (SSSR count). The average molecular weight is 568 g/mol. The van der Waals surface area contributed by atoms with Crippen LogP contribution in [0.1, 0.15) is 38.2 Å². The average Bonchev–Trinajstić information content (AvgIpc) is 2.87. The summed E-state index contributed by atoms with van der Waals surface area (Å²) < 4.78 is 0. The highest BCUT2D eigenvalue weighted by Gasteiger charge is 2.32. The second kappa shape index (κ2) is 16.5. The van der Waals surface area contributed by atoms with E-state index in [1.807, 2.05) is 0 Å². The van der Waals surface area contributed by atoms with Crippen molar-refractivity contribution >= 4 is 35.6 Å². The van der Waals surface area contributed by atoms with Crippen molar-refractivity contribution in [3.8, 4) is 5.75 Å². The third-order valence-electron chi connectivity index (χ3n) is 5.64. The first-order valence-electron chi connectivity index (χ1n) is 12.3. The number of carbonyl (C=O) groups is 5. The molecule has 40 heavy (non-hydrogen) atoms. The van der Waals surface area contributed by atoms with E-state index in [1.165, 1.54) is 31.2 Å². The molecule has 3 amide bonds. The molecule has 16 heteroatoms. The van der Waals surface area contributed by atoms with Gasteiger partial charge in [-0.05, 0) is 43.9 Å². The second-order valence-corrected chi connectivity index (χ2v) is 9.05. The van der Waals surface area contributed by atoms with Gasteiger partial charge in [0, 0.05) is 19.4 Å². The van der Waals surface area contributed by atoms with E-state index < -0.39 is 66.4 Å². The maximum absolute atomic E-state index is 13.1. The Morgan fingerprint density at radius 2 is 1.50 bits per heavy atom. The highest BCUT2D eigenvalue weighted by atomic mass is 16.4. The van der Waals surface area contributed by atoms with Crippen LogP contribution in [0, 0.1) is 0 Å². The lowest BCUT2D eigenvalue weighted by Crippen LogP contribution is -2.60. The minimum atomic E-state index is -1.58. The van der Waals surface area contributed by atoms with E-state index in [0.717, 1.165) is 0 Å². The number of phenols is 1. The Kier molecular flexibility index (Phi) is 13.9. The Morgan fingerprint density at radius 3 is 2.02 bits per heavy atom. The predicted molar refractivity (Wildman–Crippen MR) is 142 cm³/mol. The van der Waals surface area contributed by atoms with Crippen LogP contribution < -0.4 is 33.2 Å². The molecule has 0 saturated carbocycles. The molecule has 5 atom stereocenters. The number of guanidine groups is 1. The van der Waals surface area contributed by atoms with Crippen molar-refractivity contribution < 1.29 is 44.4 Å². The smallest absolute Gasteiger partial charge is 0.326 e. The maximum Gasteiger partial charge on any atom is 0.326 e. The number of aliphatic imine (C=N–C) groups is 1. The number of nitrogens with zero attached hydrogens (tertiary/aromatic N) is 1. The molecule has 0 radical (unpaired) electrons. The number of aliphatic hydroxyl groups is 1. The number of carbonyl (C=O) groups excluding carboxylic acids is 3. The Balaban J connectivity index is 3.09. The molecule has 0 spiro atoms. The van der Waals surface area contributed by atoms with Gasteiger partial charge in [-0.3, -0.25) is 24.2 Å². The first-order chi connectivity index (χ1) is 18.7. The Hall–Kier alpha value is -4.44. The lowest BCUT2D eigenvalue weighted by molar-refractivity contribution is -0.142. The van der Waals surface area contributed by atoms with Gasteiger partial charge < -0.3 is 53.6 Å². The summed E-state index contributed by atoms with van der Waals surface area (Å²) in [6, 6.07) is 0.114. The highest BCUT2D eigenvalue weighted by Crippen LogP contribution is 2.12. The molecule has 0 saturated heterocycles. The number of aliphatic hydroxyl groups excluding tert-OH is 1. The third-order valence-corrected chi connectivity index (χ3v) is 5.64. The Morgan fingerprint density at radius 1 is 0.900 bits per heavy atom. The lowest BCUT2D eigenvalue weighted by Gasteiger charge is -2.26. The molecule has 0 aromatic heterocycles. The van der Waals surface area contributed by atoms with E-state index >= 15 is 0 Å². The van der Waals surface area contributed by atoms with E-state index in [2.05, 4.69) is 20.9 Å². The number of benzene rings is 1. The van der Waals surface area contributed by atoms with Gasteiger partial charge in [0.1, 0.15) is 23.9 Å². The largest absolute Gasteiger partial charge is 0.508 e. The van der Waals surface area contributed by atoms with Crippen molar-refractivity contribution in [2.75, 3.05) is 6.54 Å². The number of nitrogens with two attached hydrogens (primary N) is 3. The number of aliphatic carboxylic acids is 2. The van der Waals surface area contributed by atoms with Crippen LogP contribution in [0.4, 0.5) is 0 Å². The minimum absolute atomic E-state index is 0.0294. The van der Waals surface area contributed by atoms with Gasteiger partial charge in [0.05, 0.1) is 12.1 Å². The van der Waals surface area contributed by atoms with Crippen LogP contribution in [0.2, 0.25) is 0 Å². The van der Waals surface area contributed by atoms with Crippen LogP contribution >= 0.6 is 0 Å². The second-order valence-electron chi connectivity index (χ2n) is 9.05. The van der Waals surface area contributed by atoms with Crippen molar-refractivity contribution in [3.63, 3.8) is 0 Å². The quantitative estimate of drug-likeness (QED) is 0.0515. The summed E-state index contributed by atoms with van der Waals surface area (Å²) in [5.74, 6) is -5.47. The molecular formula is C24H37N7O9. The normalized spacial score (nSPS) is 14.5. The summed E-state index contributed by atoms with van der Waals surface area (Å²) in [7, 11) is 0. The van der Waals surface area contributed by atoms with Gasteiger partial charge in [-0.2, -0.15) is 0 Å². The molecule has 16 nitrogen and oxygen atoms in total. The molecule has 0 bridgehead atoms. The number of hydrogen-bond acceptors (Lipinski definition) is 9. The number of phenolic OH excluding ortho intramolecular Hbond substituents is 1. The van der Waals surface area contributed by atoms with E-state index in [-0.39, 0.29) is 43.9 Å². The van der Waals surface area contributed by atoms with Gasteiger partial charge in [0.2, 0.25) is 17.7 Å². The number of nitrogens with one attached hydrogen (secondary N) is 3. The third kappa shape index (κ3) is 12.4. The molecule has 0 fully saturated rings. The molecule has 0 aliphatic rings. The SMILES string of the molecule is CC(O)C(NC(=O)C(N)CCC(=O)O)C(=O)NC(Cc1ccc(O)cc1)C(=O)NC(CCCN=C(N)N)C(=O)O. The van der Waals surface area contributed by atoms with Crippen molar-refractivity contribution in [2.45, 2.75) is 69.3 Å². The first kappa shape index (κ1) is 33.6. The van der Waals surface area contributed by atoms with Gasteiger partial charge in [0.15, 0.2) is 5.96 Å². The molecule has 1 aromatic rings. The lowest BCUT2D eigenvalue weighted by atomic mass is 10.0. The van der Waals surface area contributed by atoms with E-state index in [0.29, 0.717) is 5.56 Å². The zero-order valence-electron chi connectivity index (χ0n) is 21.9. The predicted octanol–water partition coefficient (Wildman–Crippen LogP) is -2.90. The molecule has 13 N–H and O–H groups in total. The van der Waals surface area contributed by atoms with Crippen LogP contribution in [-0.2, 0) is 30.4 Å². The molecule has 5 unspecified atom stereocenters. The summed E-state index contributed by atoms with van der Waals surface area (Å²) in [6.45, 7) is 1.33. The maximum atomic E-state index is 13.1. The van der Waals surface area contributed by atoms with E-state index in [1.54, 1.807) is 0 Å². The fourth-order valence-electron chi connectivity index (χ4n) is 3.45. The zero-order valence-corrected chi connectivity index (χ0v) is 21.9. The van der Waals surface area contributed by atoms with Crippen molar-refractivity contribution in [1.29, 1.82) is 0 Å². The summed E-state index contributed by atoms with van der Waals surface area (Å²) >= 11 is 0. The fraction of sp³-hybridized carbons (Fsp3) is 0.500. The van der Waals surface area contributed by atoms with Crippen molar-refractivity contribution in [1.82, 2.24) is 16.0 Å². The molecule has 222 valence electrons. The van der Waals surface area contributed by atoms with Gasteiger partial charge >= 0.3 is 11.9 Å². The molecular weight excluding hydrogens is 530 g/mol. The van der Waals surface area contributed by atoms with Crippen molar-refractivity contribution in [2.24, 2.45) is 22.2 Å². The zero-order chi connectivity index (χ0) is 30.4. The summed E-state index contributed by atoms with van der Waals surface area (Å²) in [5.41, 5.74) is 16.7. The van der Waals surface area contributed by atoms with Crippen LogP contribution in [0.15, 0.2) is 29.3 Å². The topological polar surface area (TPSA) is 293 Å². The molecule has 1 aromatic carbocycles. The Bertz CT molecular complexity index is 1060. The van der Waals surface area contributed by atoms with Gasteiger partial charge in [0.25, 0.3) is 0 Å². The Labute approximate surface area is 230 Å². The minimum Gasteiger partial charge on any atom is -0.508 e. The van der Waals surface area contributed by atoms with Crippen LogP contribution in [0.25, 0.3) is 0 Å². The molecule has 0 heterocycles. The number of carboxylic acid groups (broad SMARTS) is 2. The van der Waals surface area contributed by atoms with Crippen LogP contribution in [0.5, 0.6) is 5.75 Å². The van der Waals surface area contributed by atoms with Crippen LogP contribution in [-0.4, -0.2) is 92.9 Å². The number of hydrogen-bond donors (Lipinski definition) is 10. The van der Waals surface area contributed by atoms with Gasteiger partial charge in [-0.25, -0.2) is 4.79 Å². The van der Waals surface area contributed by atoms with Crippen molar-refractivity contribution in [3.05, 3.63) is 29.8 Å². The number of carboxylic acids is 2. The van der Waals surface area contributed by atoms with Gasteiger partial charge in [-0.15, -0.1) is 0 Å². The highest BCUT2D eigenvalue weighted by molar-refractivity contribution is 5.94. The summed E-state index contributed by atoms with van der Waals surface area (Å²) in [4.78, 5) is 64.8. The summed E-state index contributed by atoms with van der Waals surface area (Å²) in [6.07, 6.45) is -2.01. The van der Waals surface area contributed by atoms with Gasteiger partial charge in [-0.1, -0.05) is 12.1 Å². The molecule has 0 aliphatic heterocycles. The van der Waals surface area contributed by atoms with E-state index in [4.69, 9.17) is 22.3 Å².